The van der Waals surface area contributed by atoms with Crippen molar-refractivity contribution in [3.8, 4) is 5.75 Å². The number of carbonyl (C=O) groups excluding carboxylic acids is 1. The molecule has 6 heteroatoms. The van der Waals surface area contributed by atoms with Gasteiger partial charge in [-0.1, -0.05) is 6.07 Å². The Kier molecular flexibility index (Phi) is 8.15. The van der Waals surface area contributed by atoms with Crippen LogP contribution in [0, 0.1) is 19.8 Å². The van der Waals surface area contributed by atoms with E-state index in [1.807, 2.05) is 0 Å². The van der Waals surface area contributed by atoms with Crippen LogP contribution >= 0.6 is 0 Å². The van der Waals surface area contributed by atoms with Crippen LogP contribution < -0.4 is 10.1 Å². The molecule has 1 atom stereocenters. The van der Waals surface area contributed by atoms with Crippen molar-refractivity contribution in [2.24, 2.45) is 5.92 Å². The number of hydrogen-bond acceptors (Lipinski definition) is 5. The Hall–Kier alpha value is -2.31. The maximum Gasteiger partial charge on any atom is 0.286 e. The number of ether oxygens (including phenoxy) is 1. The monoisotopic (exact) mass is 427 g/mol. The van der Waals surface area contributed by atoms with Gasteiger partial charge in [0.25, 0.3) is 5.91 Å². The van der Waals surface area contributed by atoms with Gasteiger partial charge in [0.2, 0.25) is 0 Å². The average Bonchev–Trinajstić information content (AvgIpc) is 3.24. The van der Waals surface area contributed by atoms with Crippen molar-refractivity contribution in [1.29, 1.82) is 0 Å². The zero-order chi connectivity index (χ0) is 22.4. The van der Waals surface area contributed by atoms with E-state index < -0.39 is 0 Å². The van der Waals surface area contributed by atoms with Crippen LogP contribution in [-0.4, -0.2) is 62.6 Å². The van der Waals surface area contributed by atoms with Crippen molar-refractivity contribution in [1.82, 2.24) is 15.1 Å². The first-order chi connectivity index (χ1) is 14.9. The van der Waals surface area contributed by atoms with Crippen LogP contribution in [0.3, 0.4) is 0 Å². The molecule has 0 spiro atoms. The van der Waals surface area contributed by atoms with Crippen molar-refractivity contribution in [3.05, 3.63) is 53.0 Å². The van der Waals surface area contributed by atoms with Crippen LogP contribution in [0.2, 0.25) is 0 Å². The highest BCUT2D eigenvalue weighted by atomic mass is 16.5. The number of nitrogens with one attached hydrogen (secondary N) is 1. The zero-order valence-corrected chi connectivity index (χ0v) is 19.6. The minimum Gasteiger partial charge on any atom is -0.493 e. The number of rotatable bonds is 11. The fourth-order valence-electron chi connectivity index (χ4n) is 4.12. The predicted octanol–water partition coefficient (Wildman–Crippen LogP) is 4.04. The Morgan fingerprint density at radius 2 is 2.00 bits per heavy atom. The molecule has 6 nitrogen and oxygen atoms in total. The van der Waals surface area contributed by atoms with E-state index in [2.05, 4.69) is 62.1 Å². The van der Waals surface area contributed by atoms with E-state index in [0.29, 0.717) is 24.3 Å². The Morgan fingerprint density at radius 3 is 2.68 bits per heavy atom. The highest BCUT2D eigenvalue weighted by molar-refractivity contribution is 5.91. The van der Waals surface area contributed by atoms with Gasteiger partial charge in [0, 0.05) is 31.6 Å². The number of likely N-dealkylation sites (tertiary alicyclic amines) is 1. The lowest BCUT2D eigenvalue weighted by Gasteiger charge is -2.44. The summed E-state index contributed by atoms with van der Waals surface area (Å²) in [6, 6.07) is 8.11. The summed E-state index contributed by atoms with van der Waals surface area (Å²) >= 11 is 0. The van der Waals surface area contributed by atoms with Crippen LogP contribution in [0.5, 0.6) is 5.75 Å². The van der Waals surface area contributed by atoms with Gasteiger partial charge in [0.1, 0.15) is 5.75 Å². The quantitative estimate of drug-likeness (QED) is 0.549. The SMILES string of the molecule is Cc1c(OCCCCN(C)C)ccc(C(C)N2CC(CNC(=O)c3ccco3)C2)c1C. The lowest BCUT2D eigenvalue weighted by atomic mass is 9.91. The van der Waals surface area contributed by atoms with Gasteiger partial charge in [-0.15, -0.1) is 0 Å². The van der Waals surface area contributed by atoms with Crippen molar-refractivity contribution < 1.29 is 13.9 Å². The number of furan rings is 1. The molecule has 1 aliphatic heterocycles. The number of carbonyl (C=O) groups is 1. The summed E-state index contributed by atoms with van der Waals surface area (Å²) in [6.45, 7) is 11.1. The summed E-state index contributed by atoms with van der Waals surface area (Å²) in [5, 5.41) is 2.97. The van der Waals surface area contributed by atoms with E-state index in [1.54, 1.807) is 12.1 Å². The van der Waals surface area contributed by atoms with Gasteiger partial charge >= 0.3 is 0 Å². The largest absolute Gasteiger partial charge is 0.493 e. The van der Waals surface area contributed by atoms with E-state index in [9.17, 15) is 4.79 Å². The molecule has 1 amide bonds. The fourth-order valence-corrected chi connectivity index (χ4v) is 4.12. The second-order valence-electron chi connectivity index (χ2n) is 8.94. The molecule has 2 heterocycles. The van der Waals surface area contributed by atoms with Crippen LogP contribution in [0.1, 0.15) is 53.1 Å². The molecule has 0 radical (unpaired) electrons. The van der Waals surface area contributed by atoms with Crippen LogP contribution in [-0.2, 0) is 0 Å². The molecule has 0 bridgehead atoms. The first-order valence-electron chi connectivity index (χ1n) is 11.3. The first-order valence-corrected chi connectivity index (χ1v) is 11.3. The number of hydrogen-bond donors (Lipinski definition) is 1. The molecule has 0 saturated carbocycles. The number of unbranched alkanes of at least 4 members (excludes halogenated alkanes) is 1. The predicted molar refractivity (Wildman–Crippen MR) is 124 cm³/mol. The summed E-state index contributed by atoms with van der Waals surface area (Å²) in [6.07, 6.45) is 3.74. The molecule has 0 aliphatic carbocycles. The van der Waals surface area contributed by atoms with Gasteiger partial charge < -0.3 is 19.4 Å². The lowest BCUT2D eigenvalue weighted by Crippen LogP contribution is -2.52. The maximum atomic E-state index is 12.0. The van der Waals surface area contributed by atoms with Gasteiger partial charge in [-0.25, -0.2) is 0 Å². The van der Waals surface area contributed by atoms with Crippen molar-refractivity contribution in [3.63, 3.8) is 0 Å². The number of nitrogens with zero attached hydrogens (tertiary/aromatic N) is 2. The van der Waals surface area contributed by atoms with E-state index in [0.717, 1.165) is 44.8 Å². The third-order valence-electron chi connectivity index (χ3n) is 6.32. The molecule has 170 valence electrons. The summed E-state index contributed by atoms with van der Waals surface area (Å²) < 4.78 is 11.2. The lowest BCUT2D eigenvalue weighted by molar-refractivity contribution is 0.0564. The van der Waals surface area contributed by atoms with Crippen LogP contribution in [0.25, 0.3) is 0 Å². The first kappa shape index (κ1) is 23.4. The average molecular weight is 428 g/mol. The van der Waals surface area contributed by atoms with Crippen LogP contribution in [0.15, 0.2) is 34.9 Å². The minimum atomic E-state index is -0.139. The highest BCUT2D eigenvalue weighted by Gasteiger charge is 2.32. The molecular formula is C25H37N3O3. The van der Waals surface area contributed by atoms with Gasteiger partial charge in [-0.2, -0.15) is 0 Å². The summed E-state index contributed by atoms with van der Waals surface area (Å²) in [5.41, 5.74) is 3.91. The Labute approximate surface area is 186 Å². The maximum absolute atomic E-state index is 12.0. The third kappa shape index (κ3) is 6.11. The second-order valence-corrected chi connectivity index (χ2v) is 8.94. The number of amides is 1. The molecule has 1 fully saturated rings. The normalized spacial score (nSPS) is 15.7. The standard InChI is InChI=1S/C25H37N3O3/c1-18-19(2)23(30-13-7-6-12-27(4)5)11-10-22(18)20(3)28-16-21(17-28)15-26-25(29)24-9-8-14-31-24/h8-11,14,20-21H,6-7,12-13,15-17H2,1-5H3,(H,26,29). The van der Waals surface area contributed by atoms with Gasteiger partial charge in [-0.05, 0) is 89.1 Å². The van der Waals surface area contributed by atoms with Gasteiger partial charge in [0.05, 0.1) is 12.9 Å². The Morgan fingerprint density at radius 1 is 1.23 bits per heavy atom. The topological polar surface area (TPSA) is 58.0 Å². The fraction of sp³-hybridized carbons (Fsp3) is 0.560. The second kappa shape index (κ2) is 10.8. The zero-order valence-electron chi connectivity index (χ0n) is 19.6. The van der Waals surface area contributed by atoms with E-state index in [-0.39, 0.29) is 5.91 Å². The minimum absolute atomic E-state index is 0.139. The molecule has 31 heavy (non-hydrogen) atoms. The molecule has 1 aromatic carbocycles. The van der Waals surface area contributed by atoms with Crippen molar-refractivity contribution in [2.75, 3.05) is 46.9 Å². The Bertz CT molecular complexity index is 842. The molecule has 1 saturated heterocycles. The van der Waals surface area contributed by atoms with Crippen molar-refractivity contribution in [2.45, 2.75) is 39.7 Å². The summed E-state index contributed by atoms with van der Waals surface area (Å²) in [4.78, 5) is 16.7. The third-order valence-corrected chi connectivity index (χ3v) is 6.32. The molecule has 1 N–H and O–H groups in total. The highest BCUT2D eigenvalue weighted by Crippen LogP contribution is 2.34. The number of benzene rings is 1. The van der Waals surface area contributed by atoms with E-state index in [1.165, 1.54) is 23.0 Å². The molecule has 2 aromatic rings. The summed E-state index contributed by atoms with van der Waals surface area (Å²) in [5.74, 6) is 1.71. The van der Waals surface area contributed by atoms with Gasteiger partial charge in [-0.3, -0.25) is 9.69 Å². The van der Waals surface area contributed by atoms with Crippen molar-refractivity contribution >= 4 is 5.91 Å². The van der Waals surface area contributed by atoms with Crippen LogP contribution in [0.4, 0.5) is 0 Å². The molecule has 1 unspecified atom stereocenters. The summed E-state index contributed by atoms with van der Waals surface area (Å²) in [7, 11) is 4.21. The molecule has 3 rings (SSSR count). The van der Waals surface area contributed by atoms with Gasteiger partial charge in [0.15, 0.2) is 5.76 Å². The molecule has 1 aromatic heterocycles. The van der Waals surface area contributed by atoms with E-state index in [4.69, 9.17) is 9.15 Å². The van der Waals surface area contributed by atoms with E-state index >= 15 is 0 Å². The Balaban J connectivity index is 1.45. The smallest absolute Gasteiger partial charge is 0.286 e. The molecule has 1 aliphatic rings. The molecular weight excluding hydrogens is 390 g/mol.